The van der Waals surface area contributed by atoms with Gasteiger partial charge in [0.05, 0.1) is 5.69 Å². The summed E-state index contributed by atoms with van der Waals surface area (Å²) < 4.78 is 28.0. The van der Waals surface area contributed by atoms with E-state index in [0.717, 1.165) is 24.0 Å². The molecule has 4 rings (SSSR count). The molecule has 1 N–H and O–H groups in total. The molecule has 0 bridgehead atoms. The van der Waals surface area contributed by atoms with Gasteiger partial charge in [0, 0.05) is 17.8 Å². The molecule has 1 aromatic heterocycles. The Hall–Kier alpha value is -2.64. The third kappa shape index (κ3) is 4.38. The Morgan fingerprint density at radius 2 is 1.81 bits per heavy atom. The normalized spacial score (nSPS) is 14.2. The first kappa shape index (κ1) is 21.6. The molecule has 7 heteroatoms. The summed E-state index contributed by atoms with van der Waals surface area (Å²) in [6.07, 6.45) is 1.58. The summed E-state index contributed by atoms with van der Waals surface area (Å²) in [5, 5.41) is 4.68. The van der Waals surface area contributed by atoms with E-state index in [1.165, 1.54) is 15.6 Å². The fourth-order valence-corrected chi connectivity index (χ4v) is 6.35. The lowest BCUT2D eigenvalue weighted by Crippen LogP contribution is -2.35. The first-order chi connectivity index (χ1) is 14.7. The molecule has 1 aliphatic rings. The van der Waals surface area contributed by atoms with Gasteiger partial charge in [0.2, 0.25) is 0 Å². The molecular formula is C24H26N2O3S2. The van der Waals surface area contributed by atoms with Crippen LogP contribution in [0, 0.1) is 0 Å². The summed E-state index contributed by atoms with van der Waals surface area (Å²) in [4.78, 5) is 12.8. The minimum absolute atomic E-state index is 0.0189. The fraction of sp³-hybridized carbons (Fsp3) is 0.292. The Balaban J connectivity index is 1.60. The molecule has 0 fully saturated rings. The number of carbonyl (C=O) groups excluding carboxylic acids is 1. The predicted octanol–water partition coefficient (Wildman–Crippen LogP) is 5.44. The Morgan fingerprint density at radius 1 is 1.06 bits per heavy atom. The van der Waals surface area contributed by atoms with Crippen LogP contribution in [0.25, 0.3) is 0 Å². The second-order valence-corrected chi connectivity index (χ2v) is 11.8. The highest BCUT2D eigenvalue weighted by molar-refractivity contribution is 7.94. The van der Waals surface area contributed by atoms with Crippen LogP contribution in [-0.2, 0) is 21.9 Å². The van der Waals surface area contributed by atoms with E-state index in [9.17, 15) is 13.2 Å². The second kappa shape index (κ2) is 8.13. The van der Waals surface area contributed by atoms with Gasteiger partial charge in [-0.25, -0.2) is 8.42 Å². The molecule has 0 spiro atoms. The minimum atomic E-state index is -3.61. The number of anilines is 2. The van der Waals surface area contributed by atoms with Crippen LogP contribution in [0.1, 0.15) is 48.7 Å². The van der Waals surface area contributed by atoms with Gasteiger partial charge in [0.25, 0.3) is 15.9 Å². The lowest BCUT2D eigenvalue weighted by atomic mass is 9.87. The van der Waals surface area contributed by atoms with Gasteiger partial charge < -0.3 is 5.32 Å². The van der Waals surface area contributed by atoms with Gasteiger partial charge in [-0.1, -0.05) is 45.0 Å². The van der Waals surface area contributed by atoms with E-state index in [4.69, 9.17) is 0 Å². The zero-order valence-corrected chi connectivity index (χ0v) is 19.5. The second-order valence-electron chi connectivity index (χ2n) is 8.74. The van der Waals surface area contributed by atoms with E-state index >= 15 is 0 Å². The standard InChI is InChI=1S/C24H26N2O3S2/c1-24(2,3)19-11-8-18(9-12-19)23(27)25-20-13-10-17-6-4-14-26(21(17)16-20)31(28,29)22-7-5-15-30-22/h5,7-13,15-16H,4,6,14H2,1-3H3,(H,25,27). The van der Waals surface area contributed by atoms with Gasteiger partial charge in [-0.05, 0) is 65.1 Å². The number of rotatable bonds is 4. The Labute approximate surface area is 187 Å². The molecular weight excluding hydrogens is 428 g/mol. The maximum absolute atomic E-state index is 13.1. The molecule has 2 aromatic carbocycles. The largest absolute Gasteiger partial charge is 0.322 e. The lowest BCUT2D eigenvalue weighted by molar-refractivity contribution is 0.102. The van der Waals surface area contributed by atoms with Crippen molar-refractivity contribution in [2.75, 3.05) is 16.2 Å². The highest BCUT2D eigenvalue weighted by Crippen LogP contribution is 2.35. The molecule has 5 nitrogen and oxygen atoms in total. The number of hydrogen-bond acceptors (Lipinski definition) is 4. The molecule has 0 atom stereocenters. The first-order valence-electron chi connectivity index (χ1n) is 10.3. The van der Waals surface area contributed by atoms with E-state index < -0.39 is 10.0 Å². The number of benzene rings is 2. The van der Waals surface area contributed by atoms with Gasteiger partial charge >= 0.3 is 0 Å². The van der Waals surface area contributed by atoms with Crippen molar-refractivity contribution in [3.05, 3.63) is 76.7 Å². The molecule has 1 amide bonds. The molecule has 2 heterocycles. The molecule has 0 saturated heterocycles. The van der Waals surface area contributed by atoms with Crippen LogP contribution in [0.3, 0.4) is 0 Å². The van der Waals surface area contributed by atoms with Crippen LogP contribution in [0.4, 0.5) is 11.4 Å². The van der Waals surface area contributed by atoms with E-state index in [1.807, 2.05) is 36.4 Å². The average molecular weight is 455 g/mol. The summed E-state index contributed by atoms with van der Waals surface area (Å²) in [6, 6.07) is 16.5. The predicted molar refractivity (Wildman–Crippen MR) is 127 cm³/mol. The number of sulfonamides is 1. The average Bonchev–Trinajstić information content (AvgIpc) is 3.28. The number of nitrogens with zero attached hydrogens (tertiary/aromatic N) is 1. The summed E-state index contributed by atoms with van der Waals surface area (Å²) in [7, 11) is -3.61. The van der Waals surface area contributed by atoms with Crippen molar-refractivity contribution in [2.24, 2.45) is 0 Å². The van der Waals surface area contributed by atoms with Gasteiger partial charge in [-0.15, -0.1) is 11.3 Å². The van der Waals surface area contributed by atoms with Gasteiger partial charge in [0.15, 0.2) is 0 Å². The fourth-order valence-electron chi connectivity index (χ4n) is 3.71. The van der Waals surface area contributed by atoms with E-state index in [0.29, 0.717) is 27.7 Å². The molecule has 0 aliphatic carbocycles. The molecule has 3 aromatic rings. The van der Waals surface area contributed by atoms with E-state index in [2.05, 4.69) is 26.1 Å². The molecule has 31 heavy (non-hydrogen) atoms. The highest BCUT2D eigenvalue weighted by atomic mass is 32.2. The van der Waals surface area contributed by atoms with Crippen molar-refractivity contribution < 1.29 is 13.2 Å². The number of amides is 1. The molecule has 0 saturated carbocycles. The molecule has 1 aliphatic heterocycles. The summed E-state index contributed by atoms with van der Waals surface area (Å²) in [5.41, 5.74) is 3.93. The molecule has 0 radical (unpaired) electrons. The van der Waals surface area contributed by atoms with Crippen molar-refractivity contribution in [3.8, 4) is 0 Å². The van der Waals surface area contributed by atoms with Crippen molar-refractivity contribution in [2.45, 2.75) is 43.2 Å². The Morgan fingerprint density at radius 3 is 2.45 bits per heavy atom. The van der Waals surface area contributed by atoms with Crippen molar-refractivity contribution in [1.29, 1.82) is 0 Å². The number of fused-ring (bicyclic) bond motifs is 1. The number of aryl methyl sites for hydroxylation is 1. The van der Waals surface area contributed by atoms with Crippen LogP contribution in [0.5, 0.6) is 0 Å². The maximum atomic E-state index is 13.1. The number of thiophene rings is 1. The zero-order chi connectivity index (χ0) is 22.2. The van der Waals surface area contributed by atoms with E-state index in [1.54, 1.807) is 23.6 Å². The smallest absolute Gasteiger partial charge is 0.273 e. The van der Waals surface area contributed by atoms with E-state index in [-0.39, 0.29) is 11.3 Å². The number of carbonyl (C=O) groups is 1. The lowest BCUT2D eigenvalue weighted by Gasteiger charge is -2.30. The van der Waals surface area contributed by atoms with Crippen LogP contribution >= 0.6 is 11.3 Å². The van der Waals surface area contributed by atoms with Crippen molar-refractivity contribution in [1.82, 2.24) is 0 Å². The number of hydrogen-bond donors (Lipinski definition) is 1. The maximum Gasteiger partial charge on any atom is 0.273 e. The molecule has 0 unspecified atom stereocenters. The Kier molecular flexibility index (Phi) is 5.66. The third-order valence-electron chi connectivity index (χ3n) is 5.47. The summed E-state index contributed by atoms with van der Waals surface area (Å²) in [5.74, 6) is -0.219. The summed E-state index contributed by atoms with van der Waals surface area (Å²) in [6.45, 7) is 6.82. The molecule has 162 valence electrons. The zero-order valence-electron chi connectivity index (χ0n) is 17.9. The van der Waals surface area contributed by atoms with Crippen LogP contribution in [0.15, 0.2) is 64.2 Å². The Bertz CT molecular complexity index is 1190. The SMILES string of the molecule is CC(C)(C)c1ccc(C(=O)Nc2ccc3c(c2)N(S(=O)(=O)c2cccs2)CCC3)cc1. The van der Waals surface area contributed by atoms with Crippen LogP contribution < -0.4 is 9.62 Å². The van der Waals surface area contributed by atoms with Crippen molar-refractivity contribution >= 4 is 38.6 Å². The topological polar surface area (TPSA) is 66.5 Å². The van der Waals surface area contributed by atoms with Crippen molar-refractivity contribution in [3.63, 3.8) is 0 Å². The van der Waals surface area contributed by atoms with Crippen LogP contribution in [-0.4, -0.2) is 20.9 Å². The minimum Gasteiger partial charge on any atom is -0.322 e. The van der Waals surface area contributed by atoms with Gasteiger partial charge in [-0.3, -0.25) is 9.10 Å². The highest BCUT2D eigenvalue weighted by Gasteiger charge is 2.30. The van der Waals surface area contributed by atoms with Gasteiger partial charge in [-0.2, -0.15) is 0 Å². The first-order valence-corrected chi connectivity index (χ1v) is 12.6. The quantitative estimate of drug-likeness (QED) is 0.571. The van der Waals surface area contributed by atoms with Crippen LogP contribution in [0.2, 0.25) is 0 Å². The number of nitrogens with one attached hydrogen (secondary N) is 1. The monoisotopic (exact) mass is 454 g/mol. The third-order valence-corrected chi connectivity index (χ3v) is 8.66. The van der Waals surface area contributed by atoms with Gasteiger partial charge in [0.1, 0.15) is 4.21 Å². The summed E-state index contributed by atoms with van der Waals surface area (Å²) >= 11 is 1.21.